The Kier molecular flexibility index (Phi) is 7.48. The highest BCUT2D eigenvalue weighted by Gasteiger charge is 2.36. The predicted octanol–water partition coefficient (Wildman–Crippen LogP) is 6.12. The molecule has 3 aromatic rings. The van der Waals surface area contributed by atoms with Gasteiger partial charge in [0.2, 0.25) is 5.91 Å². The van der Waals surface area contributed by atoms with Gasteiger partial charge in [0, 0.05) is 11.4 Å². The van der Waals surface area contributed by atoms with E-state index in [0.29, 0.717) is 13.0 Å². The normalized spacial score (nSPS) is 13.0. The van der Waals surface area contributed by atoms with Crippen LogP contribution < -0.4 is 5.32 Å². The largest absolute Gasteiger partial charge is 0.351 e. The molecule has 3 rings (SSSR count). The van der Waals surface area contributed by atoms with E-state index in [1.54, 1.807) is 11.8 Å². The monoisotopic (exact) mass is 399 g/mol. The van der Waals surface area contributed by atoms with Crippen LogP contribution in [0.4, 0.5) is 0 Å². The van der Waals surface area contributed by atoms with Crippen LogP contribution in [0.15, 0.2) is 115 Å². The van der Waals surface area contributed by atoms with Crippen molar-refractivity contribution in [2.24, 2.45) is 0 Å². The maximum atomic E-state index is 13.4. The molecular weight excluding hydrogens is 374 g/mol. The highest BCUT2D eigenvalue weighted by Crippen LogP contribution is 2.38. The molecule has 0 aliphatic rings. The Hall–Kier alpha value is -3.04. The van der Waals surface area contributed by atoms with Crippen molar-refractivity contribution in [3.05, 3.63) is 121 Å². The number of hydrogen-bond donors (Lipinski definition) is 1. The number of carbonyl (C=O) groups is 1. The van der Waals surface area contributed by atoms with Crippen molar-refractivity contribution in [2.75, 3.05) is 0 Å². The summed E-state index contributed by atoms with van der Waals surface area (Å²) in [4.78, 5) is 14.5. The number of allylic oxidation sites excluding steroid dienone is 1. The molecule has 2 nitrogen and oxygen atoms in total. The van der Waals surface area contributed by atoms with E-state index < -0.39 is 4.75 Å². The van der Waals surface area contributed by atoms with Crippen LogP contribution in [-0.2, 0) is 11.3 Å². The minimum atomic E-state index is -0.784. The number of rotatable bonds is 9. The molecule has 0 heterocycles. The van der Waals surface area contributed by atoms with Gasteiger partial charge in [-0.05, 0) is 29.7 Å². The number of hydrogen-bond acceptors (Lipinski definition) is 2. The van der Waals surface area contributed by atoms with Crippen LogP contribution in [0.5, 0.6) is 0 Å². The van der Waals surface area contributed by atoms with E-state index >= 15 is 0 Å². The van der Waals surface area contributed by atoms with Gasteiger partial charge >= 0.3 is 0 Å². The van der Waals surface area contributed by atoms with Gasteiger partial charge in [-0.1, -0.05) is 97.1 Å². The SMILES string of the molecule is C=CCC(/C=C/c1ccccc1)(Sc1ccccc1)C(=O)NCc1ccccc1. The molecule has 0 spiro atoms. The second-order valence-electron chi connectivity index (χ2n) is 6.71. The number of benzene rings is 3. The van der Waals surface area contributed by atoms with E-state index in [4.69, 9.17) is 0 Å². The molecule has 0 aliphatic carbocycles. The summed E-state index contributed by atoms with van der Waals surface area (Å²) in [5.41, 5.74) is 2.13. The maximum absolute atomic E-state index is 13.4. The second kappa shape index (κ2) is 10.5. The summed E-state index contributed by atoms with van der Waals surface area (Å²) >= 11 is 1.55. The van der Waals surface area contributed by atoms with Crippen LogP contribution in [0.25, 0.3) is 6.08 Å². The summed E-state index contributed by atoms with van der Waals surface area (Å²) in [5, 5.41) is 3.12. The van der Waals surface area contributed by atoms with Gasteiger partial charge in [0.25, 0.3) is 0 Å². The van der Waals surface area contributed by atoms with Crippen molar-refractivity contribution in [3.63, 3.8) is 0 Å². The molecule has 0 bridgehead atoms. The van der Waals surface area contributed by atoms with Gasteiger partial charge in [0.05, 0.1) is 0 Å². The van der Waals surface area contributed by atoms with E-state index in [2.05, 4.69) is 11.9 Å². The van der Waals surface area contributed by atoms with Crippen LogP contribution in [0.1, 0.15) is 17.5 Å². The average molecular weight is 400 g/mol. The Labute approximate surface area is 177 Å². The first-order valence-corrected chi connectivity index (χ1v) is 10.4. The zero-order chi connectivity index (χ0) is 20.4. The molecule has 0 aliphatic heterocycles. The lowest BCUT2D eigenvalue weighted by molar-refractivity contribution is -0.122. The fourth-order valence-corrected chi connectivity index (χ4v) is 4.21. The van der Waals surface area contributed by atoms with Crippen LogP contribution >= 0.6 is 11.8 Å². The van der Waals surface area contributed by atoms with E-state index in [9.17, 15) is 4.79 Å². The number of nitrogens with one attached hydrogen (secondary N) is 1. The van der Waals surface area contributed by atoms with Gasteiger partial charge < -0.3 is 5.32 Å². The molecule has 0 saturated heterocycles. The molecule has 1 amide bonds. The zero-order valence-corrected chi connectivity index (χ0v) is 17.1. The van der Waals surface area contributed by atoms with E-state index in [0.717, 1.165) is 16.0 Å². The lowest BCUT2D eigenvalue weighted by Crippen LogP contribution is -2.42. The topological polar surface area (TPSA) is 29.1 Å². The molecule has 0 aromatic heterocycles. The van der Waals surface area contributed by atoms with Crippen molar-refractivity contribution < 1.29 is 4.79 Å². The van der Waals surface area contributed by atoms with Crippen molar-refractivity contribution in [1.29, 1.82) is 0 Å². The molecule has 0 fully saturated rings. The van der Waals surface area contributed by atoms with Crippen LogP contribution in [-0.4, -0.2) is 10.7 Å². The molecule has 1 atom stereocenters. The minimum absolute atomic E-state index is 0.0257. The minimum Gasteiger partial charge on any atom is -0.351 e. The summed E-state index contributed by atoms with van der Waals surface area (Å²) in [6.45, 7) is 4.41. The Balaban J connectivity index is 1.89. The molecule has 1 N–H and O–H groups in total. The Bertz CT molecular complexity index is 938. The lowest BCUT2D eigenvalue weighted by Gasteiger charge is -2.28. The van der Waals surface area contributed by atoms with Gasteiger partial charge in [0.1, 0.15) is 4.75 Å². The maximum Gasteiger partial charge on any atom is 0.241 e. The number of thioether (sulfide) groups is 1. The Morgan fingerprint density at radius 3 is 2.10 bits per heavy atom. The predicted molar refractivity (Wildman–Crippen MR) is 124 cm³/mol. The summed E-state index contributed by atoms with van der Waals surface area (Å²) in [5.74, 6) is -0.0257. The first kappa shape index (κ1) is 20.7. The average Bonchev–Trinajstić information content (AvgIpc) is 2.78. The summed E-state index contributed by atoms with van der Waals surface area (Å²) in [6, 6.07) is 30.0. The molecule has 3 heteroatoms. The van der Waals surface area contributed by atoms with Gasteiger partial charge in [-0.2, -0.15) is 0 Å². The van der Waals surface area contributed by atoms with Crippen molar-refractivity contribution >= 4 is 23.7 Å². The lowest BCUT2D eigenvalue weighted by atomic mass is 10.0. The van der Waals surface area contributed by atoms with Crippen molar-refractivity contribution in [1.82, 2.24) is 5.32 Å². The Morgan fingerprint density at radius 1 is 0.897 bits per heavy atom. The Morgan fingerprint density at radius 2 is 1.48 bits per heavy atom. The van der Waals surface area contributed by atoms with Gasteiger partial charge in [-0.15, -0.1) is 18.3 Å². The van der Waals surface area contributed by atoms with Crippen LogP contribution in [0, 0.1) is 0 Å². The first-order valence-electron chi connectivity index (χ1n) is 9.63. The van der Waals surface area contributed by atoms with Gasteiger partial charge in [-0.3, -0.25) is 4.79 Å². The third-order valence-corrected chi connectivity index (χ3v) is 5.88. The van der Waals surface area contributed by atoms with Crippen LogP contribution in [0.3, 0.4) is 0 Å². The third-order valence-electron chi connectivity index (χ3n) is 4.52. The number of carbonyl (C=O) groups excluding carboxylic acids is 1. The molecular formula is C26H25NOS. The van der Waals surface area contributed by atoms with Gasteiger partial charge in [-0.25, -0.2) is 0 Å². The molecule has 146 valence electrons. The van der Waals surface area contributed by atoms with E-state index in [-0.39, 0.29) is 5.91 Å². The molecule has 0 radical (unpaired) electrons. The first-order chi connectivity index (χ1) is 14.2. The molecule has 29 heavy (non-hydrogen) atoms. The number of amides is 1. The molecule has 3 aromatic carbocycles. The zero-order valence-electron chi connectivity index (χ0n) is 16.3. The standard InChI is InChI=1S/C26H25NOS/c1-2-19-26(29-24-16-10-5-11-17-24,20-18-22-12-6-3-7-13-22)25(28)27-21-23-14-8-4-9-15-23/h2-18,20H,1,19,21H2,(H,27,28)/b20-18+. The van der Waals surface area contributed by atoms with Crippen molar-refractivity contribution in [2.45, 2.75) is 22.6 Å². The van der Waals surface area contributed by atoms with E-state index in [1.165, 1.54) is 0 Å². The summed E-state index contributed by atoms with van der Waals surface area (Å²) in [6.07, 6.45) is 6.35. The quantitative estimate of drug-likeness (QED) is 0.347. The smallest absolute Gasteiger partial charge is 0.241 e. The van der Waals surface area contributed by atoms with Gasteiger partial charge in [0.15, 0.2) is 0 Å². The fraction of sp³-hybridized carbons (Fsp3) is 0.115. The molecule has 1 unspecified atom stereocenters. The highest BCUT2D eigenvalue weighted by atomic mass is 32.2. The molecule has 0 saturated carbocycles. The van der Waals surface area contributed by atoms with Crippen molar-refractivity contribution in [3.8, 4) is 0 Å². The second-order valence-corrected chi connectivity index (χ2v) is 8.11. The van der Waals surface area contributed by atoms with Crippen LogP contribution in [0.2, 0.25) is 0 Å². The summed E-state index contributed by atoms with van der Waals surface area (Å²) in [7, 11) is 0. The third kappa shape index (κ3) is 5.97. The fourth-order valence-electron chi connectivity index (χ4n) is 2.99. The summed E-state index contributed by atoms with van der Waals surface area (Å²) < 4.78 is -0.784. The van der Waals surface area contributed by atoms with E-state index in [1.807, 2.05) is 109 Å². The highest BCUT2D eigenvalue weighted by molar-refractivity contribution is 8.01.